The van der Waals surface area contributed by atoms with Crippen LogP contribution in [0.15, 0.2) is 0 Å². The van der Waals surface area contributed by atoms with Crippen LogP contribution in [0.1, 0.15) is 59.8 Å². The number of halogens is 2. The lowest BCUT2D eigenvalue weighted by atomic mass is 9.91. The Morgan fingerprint density at radius 3 is 1.45 bits per heavy atom. The van der Waals surface area contributed by atoms with Gasteiger partial charge >= 0.3 is 0 Å². The molecule has 0 bridgehead atoms. The molecule has 2 heteroatoms. The SMILES string of the molecule is CC(C)C1CC2C(C1)C2(F)F.CC(C)C1CC2CC2C1. The highest BCUT2D eigenvalue weighted by Crippen LogP contribution is 2.66. The summed E-state index contributed by atoms with van der Waals surface area (Å²) in [6.45, 7) is 9.01. The van der Waals surface area contributed by atoms with Crippen molar-refractivity contribution in [1.29, 1.82) is 0 Å². The Bertz CT molecular complexity index is 336. The van der Waals surface area contributed by atoms with Gasteiger partial charge in [-0.05, 0) is 67.6 Å². The molecule has 0 aromatic carbocycles. The molecule has 0 nitrogen and oxygen atoms in total. The van der Waals surface area contributed by atoms with E-state index in [0.29, 0.717) is 11.8 Å². The maximum absolute atomic E-state index is 12.7. The second-order valence-electron chi connectivity index (χ2n) is 8.59. The van der Waals surface area contributed by atoms with Crippen LogP contribution in [0.25, 0.3) is 0 Å². The first kappa shape index (κ1) is 14.8. The molecule has 4 unspecified atom stereocenters. The molecule has 0 amide bonds. The van der Waals surface area contributed by atoms with Gasteiger partial charge in [0, 0.05) is 11.8 Å². The molecule has 4 fully saturated rings. The van der Waals surface area contributed by atoms with Gasteiger partial charge in [-0.25, -0.2) is 8.78 Å². The molecule has 0 aliphatic heterocycles. The van der Waals surface area contributed by atoms with Crippen molar-refractivity contribution in [3.63, 3.8) is 0 Å². The van der Waals surface area contributed by atoms with Gasteiger partial charge in [0.25, 0.3) is 5.92 Å². The third kappa shape index (κ3) is 2.64. The van der Waals surface area contributed by atoms with E-state index in [1.807, 2.05) is 0 Å². The van der Waals surface area contributed by atoms with Crippen molar-refractivity contribution in [1.82, 2.24) is 0 Å². The lowest BCUT2D eigenvalue weighted by molar-refractivity contribution is 0.0591. The molecule has 4 atom stereocenters. The zero-order valence-electron chi connectivity index (χ0n) is 13.4. The Balaban J connectivity index is 0.000000123. The smallest absolute Gasteiger partial charge is 0.206 e. The minimum atomic E-state index is -2.27. The van der Waals surface area contributed by atoms with Crippen molar-refractivity contribution < 1.29 is 8.78 Å². The lowest BCUT2D eigenvalue weighted by Gasteiger charge is -2.17. The molecule has 20 heavy (non-hydrogen) atoms. The highest BCUT2D eigenvalue weighted by molar-refractivity contribution is 5.11. The minimum Gasteiger partial charge on any atom is -0.206 e. The lowest BCUT2D eigenvalue weighted by Crippen LogP contribution is -2.12. The van der Waals surface area contributed by atoms with Gasteiger partial charge < -0.3 is 0 Å². The molecule has 0 saturated heterocycles. The van der Waals surface area contributed by atoms with Gasteiger partial charge in [0.1, 0.15) is 0 Å². The van der Waals surface area contributed by atoms with Crippen LogP contribution in [0, 0.1) is 47.3 Å². The fourth-order valence-corrected chi connectivity index (χ4v) is 4.70. The first-order valence-electron chi connectivity index (χ1n) is 8.68. The summed E-state index contributed by atoms with van der Waals surface area (Å²) in [5, 5.41) is 0. The Kier molecular flexibility index (Phi) is 3.66. The van der Waals surface area contributed by atoms with Crippen molar-refractivity contribution in [2.75, 3.05) is 0 Å². The van der Waals surface area contributed by atoms with Crippen molar-refractivity contribution in [2.24, 2.45) is 47.3 Å². The largest absolute Gasteiger partial charge is 0.254 e. The van der Waals surface area contributed by atoms with Gasteiger partial charge in [-0.2, -0.15) is 0 Å². The van der Waals surface area contributed by atoms with Gasteiger partial charge in [0.05, 0.1) is 0 Å². The molecule has 0 aromatic rings. The van der Waals surface area contributed by atoms with Crippen LogP contribution < -0.4 is 0 Å². The monoisotopic (exact) mass is 284 g/mol. The van der Waals surface area contributed by atoms with E-state index in [2.05, 4.69) is 27.7 Å². The summed E-state index contributed by atoms with van der Waals surface area (Å²) in [7, 11) is 0. The van der Waals surface area contributed by atoms with Gasteiger partial charge in [0.2, 0.25) is 0 Å². The van der Waals surface area contributed by atoms with E-state index in [0.717, 1.165) is 24.7 Å². The van der Waals surface area contributed by atoms with Crippen molar-refractivity contribution in [2.45, 2.75) is 65.7 Å². The Labute approximate surface area is 122 Å². The van der Waals surface area contributed by atoms with E-state index in [1.165, 1.54) is 11.8 Å². The summed E-state index contributed by atoms with van der Waals surface area (Å²) in [5.41, 5.74) is 0. The van der Waals surface area contributed by atoms with Crippen LogP contribution in [-0.2, 0) is 0 Å². The van der Waals surface area contributed by atoms with Gasteiger partial charge in [-0.3, -0.25) is 0 Å². The predicted molar refractivity (Wildman–Crippen MR) is 78.6 cm³/mol. The van der Waals surface area contributed by atoms with E-state index in [1.54, 1.807) is 19.3 Å². The third-order valence-corrected chi connectivity index (χ3v) is 6.64. The molecular weight excluding hydrogens is 254 g/mol. The normalized spacial score (nSPS) is 46.8. The zero-order chi connectivity index (χ0) is 14.7. The fourth-order valence-electron chi connectivity index (χ4n) is 4.70. The van der Waals surface area contributed by atoms with Crippen LogP contribution in [0.2, 0.25) is 0 Å². The summed E-state index contributed by atoms with van der Waals surface area (Å²) >= 11 is 0. The quantitative estimate of drug-likeness (QED) is 0.617. The molecule has 0 spiro atoms. The van der Waals surface area contributed by atoms with Gasteiger partial charge in [-0.15, -0.1) is 0 Å². The molecular formula is C18H30F2. The zero-order valence-corrected chi connectivity index (χ0v) is 13.4. The van der Waals surface area contributed by atoms with E-state index in [9.17, 15) is 8.78 Å². The van der Waals surface area contributed by atoms with Gasteiger partial charge in [-0.1, -0.05) is 27.7 Å². The highest BCUT2D eigenvalue weighted by Gasteiger charge is 2.71. The standard InChI is InChI=1S/C9H14F2.C9H16/c1-5(2)6-3-7-8(4-6)9(7,10)11;1-6(2)7-3-8-5-9(8)4-7/h5-8H,3-4H2,1-2H3;6-9H,3-5H2,1-2H3. The van der Waals surface area contributed by atoms with E-state index >= 15 is 0 Å². The maximum Gasteiger partial charge on any atom is 0.254 e. The summed E-state index contributed by atoms with van der Waals surface area (Å²) in [4.78, 5) is 0. The number of alkyl halides is 2. The Morgan fingerprint density at radius 1 is 0.700 bits per heavy atom. The van der Waals surface area contributed by atoms with Crippen LogP contribution in [0.3, 0.4) is 0 Å². The summed E-state index contributed by atoms with van der Waals surface area (Å²) in [5.74, 6) is 2.82. The topological polar surface area (TPSA) is 0 Å². The van der Waals surface area contributed by atoms with Crippen LogP contribution in [-0.4, -0.2) is 5.92 Å². The molecule has 0 radical (unpaired) electrons. The van der Waals surface area contributed by atoms with E-state index in [4.69, 9.17) is 0 Å². The van der Waals surface area contributed by atoms with Crippen LogP contribution in [0.4, 0.5) is 8.78 Å². The van der Waals surface area contributed by atoms with Crippen LogP contribution >= 0.6 is 0 Å². The maximum atomic E-state index is 12.7. The predicted octanol–water partition coefficient (Wildman–Crippen LogP) is 5.62. The molecule has 4 rings (SSSR count). The molecule has 4 saturated carbocycles. The number of hydrogen-bond donors (Lipinski definition) is 0. The second kappa shape index (κ2) is 4.95. The fraction of sp³-hybridized carbons (Fsp3) is 1.00. The average Bonchev–Trinajstić information content (AvgIpc) is 3.04. The summed E-state index contributed by atoms with van der Waals surface area (Å²) < 4.78 is 25.4. The highest BCUT2D eigenvalue weighted by atomic mass is 19.3. The molecule has 0 N–H and O–H groups in total. The third-order valence-electron chi connectivity index (χ3n) is 6.64. The molecule has 0 aromatic heterocycles. The number of hydrogen-bond acceptors (Lipinski definition) is 0. The van der Waals surface area contributed by atoms with Crippen molar-refractivity contribution in [3.05, 3.63) is 0 Å². The van der Waals surface area contributed by atoms with Crippen LogP contribution in [0.5, 0.6) is 0 Å². The minimum absolute atomic E-state index is 0.241. The van der Waals surface area contributed by atoms with E-state index in [-0.39, 0.29) is 11.8 Å². The van der Waals surface area contributed by atoms with Crippen molar-refractivity contribution in [3.8, 4) is 0 Å². The molecule has 4 aliphatic carbocycles. The second-order valence-corrected chi connectivity index (χ2v) is 8.59. The first-order valence-corrected chi connectivity index (χ1v) is 8.68. The molecule has 4 aliphatic rings. The molecule has 116 valence electrons. The first-order chi connectivity index (χ1) is 9.30. The number of rotatable bonds is 2. The van der Waals surface area contributed by atoms with Crippen molar-refractivity contribution >= 4 is 0 Å². The Morgan fingerprint density at radius 2 is 1.10 bits per heavy atom. The van der Waals surface area contributed by atoms with Gasteiger partial charge in [0.15, 0.2) is 0 Å². The Hall–Kier alpha value is -0.140. The number of fused-ring (bicyclic) bond motifs is 2. The van der Waals surface area contributed by atoms with E-state index < -0.39 is 5.92 Å². The molecule has 0 heterocycles. The summed E-state index contributed by atoms with van der Waals surface area (Å²) in [6.07, 6.45) is 6.23. The average molecular weight is 284 g/mol. The summed E-state index contributed by atoms with van der Waals surface area (Å²) in [6, 6.07) is 0.